The van der Waals surface area contributed by atoms with Crippen molar-refractivity contribution in [2.75, 3.05) is 25.6 Å². The number of benzene rings is 1. The summed E-state index contributed by atoms with van der Waals surface area (Å²) in [6, 6.07) is 3.59. The maximum absolute atomic E-state index is 11.5. The first kappa shape index (κ1) is 15.9. The van der Waals surface area contributed by atoms with Crippen LogP contribution in [-0.4, -0.2) is 37.1 Å². The van der Waals surface area contributed by atoms with Crippen molar-refractivity contribution in [3.63, 3.8) is 0 Å². The first-order chi connectivity index (χ1) is 9.43. The number of methoxy groups -OCH3 is 1. The third kappa shape index (κ3) is 4.82. The van der Waals surface area contributed by atoms with Gasteiger partial charge in [-0.3, -0.25) is 14.9 Å². The molecule has 0 aliphatic rings. The van der Waals surface area contributed by atoms with Gasteiger partial charge in [0.05, 0.1) is 15.6 Å². The van der Waals surface area contributed by atoms with Crippen LogP contribution in [0.4, 0.5) is 11.4 Å². The average Bonchev–Trinajstić information content (AvgIpc) is 2.39. The molecule has 0 unspecified atom stereocenters. The van der Waals surface area contributed by atoms with Gasteiger partial charge < -0.3 is 14.8 Å². The number of hydrogen-bond acceptors (Lipinski definition) is 6. The summed E-state index contributed by atoms with van der Waals surface area (Å²) in [6.07, 6.45) is 0. The molecule has 0 saturated carbocycles. The van der Waals surface area contributed by atoms with Crippen LogP contribution in [0, 0.1) is 10.1 Å². The van der Waals surface area contributed by atoms with Crippen LogP contribution in [0.1, 0.15) is 0 Å². The molecule has 1 rings (SSSR count). The van der Waals surface area contributed by atoms with Gasteiger partial charge in [-0.1, -0.05) is 11.6 Å². The molecule has 0 saturated heterocycles. The first-order valence-electron chi connectivity index (χ1n) is 5.32. The molecular weight excluding hydrogens is 292 g/mol. The van der Waals surface area contributed by atoms with Crippen molar-refractivity contribution in [1.82, 2.24) is 0 Å². The third-order valence-corrected chi connectivity index (χ3v) is 2.38. The molecule has 0 bridgehead atoms. The van der Waals surface area contributed by atoms with Crippen molar-refractivity contribution in [3.05, 3.63) is 33.3 Å². The normalized spacial score (nSPS) is 9.90. The fourth-order valence-electron chi connectivity index (χ4n) is 1.21. The molecule has 0 aliphatic heterocycles. The Morgan fingerprint density at radius 3 is 2.65 bits per heavy atom. The summed E-state index contributed by atoms with van der Waals surface area (Å²) in [5.41, 5.74) is -0.00965. The van der Waals surface area contributed by atoms with Gasteiger partial charge >= 0.3 is 5.97 Å². The van der Waals surface area contributed by atoms with Gasteiger partial charge in [0.15, 0.2) is 6.61 Å². The molecule has 0 atom stereocenters. The van der Waals surface area contributed by atoms with Gasteiger partial charge in [0.1, 0.15) is 6.61 Å². The lowest BCUT2D eigenvalue weighted by Gasteiger charge is -2.07. The minimum atomic E-state index is -0.683. The highest BCUT2D eigenvalue weighted by molar-refractivity contribution is 6.34. The second kappa shape index (κ2) is 7.41. The molecule has 1 aromatic carbocycles. The highest BCUT2D eigenvalue weighted by atomic mass is 35.5. The summed E-state index contributed by atoms with van der Waals surface area (Å²) in [5, 5.41) is 12.9. The van der Waals surface area contributed by atoms with Gasteiger partial charge in [0.25, 0.3) is 11.6 Å². The van der Waals surface area contributed by atoms with E-state index < -0.39 is 23.4 Å². The van der Waals surface area contributed by atoms with Crippen LogP contribution in [0.25, 0.3) is 0 Å². The standard InChI is InChI=1S/C11H11ClN2O6/c1-19-6-11(16)20-5-10(15)13-9-3-2-7(14(17)18)4-8(9)12/h2-4H,5-6H2,1H3,(H,13,15). The van der Waals surface area contributed by atoms with E-state index in [0.717, 1.165) is 6.07 Å². The Morgan fingerprint density at radius 1 is 1.40 bits per heavy atom. The number of rotatable bonds is 6. The molecule has 0 spiro atoms. The molecule has 9 heteroatoms. The number of esters is 1. The van der Waals surface area contributed by atoms with Crippen LogP contribution in [0.3, 0.4) is 0 Å². The Labute approximate surface area is 118 Å². The monoisotopic (exact) mass is 302 g/mol. The van der Waals surface area contributed by atoms with Crippen molar-refractivity contribution in [2.45, 2.75) is 0 Å². The number of non-ortho nitro benzene ring substituents is 1. The van der Waals surface area contributed by atoms with Crippen LogP contribution in [0.5, 0.6) is 0 Å². The molecule has 0 heterocycles. The van der Waals surface area contributed by atoms with E-state index in [9.17, 15) is 19.7 Å². The molecule has 20 heavy (non-hydrogen) atoms. The lowest BCUT2D eigenvalue weighted by Crippen LogP contribution is -2.22. The first-order valence-corrected chi connectivity index (χ1v) is 5.70. The predicted molar refractivity (Wildman–Crippen MR) is 69.6 cm³/mol. The van der Waals surface area contributed by atoms with Crippen LogP contribution >= 0.6 is 11.6 Å². The summed E-state index contributed by atoms with van der Waals surface area (Å²) >= 11 is 5.78. The van der Waals surface area contributed by atoms with Crippen LogP contribution in [-0.2, 0) is 19.1 Å². The van der Waals surface area contributed by atoms with Crippen molar-refractivity contribution in [1.29, 1.82) is 0 Å². The van der Waals surface area contributed by atoms with Crippen molar-refractivity contribution >= 4 is 34.9 Å². The number of halogens is 1. The number of ether oxygens (including phenoxy) is 2. The Bertz CT molecular complexity index is 534. The summed E-state index contributed by atoms with van der Waals surface area (Å²) in [5.74, 6) is -1.30. The van der Waals surface area contributed by atoms with E-state index in [0.29, 0.717) is 0 Å². The number of carbonyl (C=O) groups excluding carboxylic acids is 2. The molecule has 0 radical (unpaired) electrons. The zero-order valence-corrected chi connectivity index (χ0v) is 11.2. The molecule has 1 N–H and O–H groups in total. The van der Waals surface area contributed by atoms with E-state index in [4.69, 9.17) is 11.6 Å². The molecule has 0 aromatic heterocycles. The predicted octanol–water partition coefficient (Wildman–Crippen LogP) is 1.38. The van der Waals surface area contributed by atoms with Gasteiger partial charge in [0.2, 0.25) is 0 Å². The number of anilines is 1. The molecule has 1 aromatic rings. The Morgan fingerprint density at radius 2 is 2.10 bits per heavy atom. The summed E-state index contributed by atoms with van der Waals surface area (Å²) in [6.45, 7) is -0.763. The minimum absolute atomic E-state index is 0.00997. The minimum Gasteiger partial charge on any atom is -0.454 e. The van der Waals surface area contributed by atoms with Crippen molar-refractivity contribution in [2.24, 2.45) is 0 Å². The topological polar surface area (TPSA) is 108 Å². The zero-order valence-electron chi connectivity index (χ0n) is 10.4. The van der Waals surface area contributed by atoms with E-state index in [1.54, 1.807) is 0 Å². The fraction of sp³-hybridized carbons (Fsp3) is 0.273. The van der Waals surface area contributed by atoms with Crippen LogP contribution < -0.4 is 5.32 Å². The quantitative estimate of drug-likeness (QED) is 0.483. The summed E-state index contributed by atoms with van der Waals surface area (Å²) < 4.78 is 9.11. The molecular formula is C11H11ClN2O6. The van der Waals surface area contributed by atoms with Gasteiger partial charge in [-0.05, 0) is 6.07 Å². The molecule has 8 nitrogen and oxygen atoms in total. The number of nitro benzene ring substituents is 1. The molecule has 1 amide bonds. The number of nitro groups is 1. The van der Waals surface area contributed by atoms with Gasteiger partial charge in [0, 0.05) is 19.2 Å². The SMILES string of the molecule is COCC(=O)OCC(=O)Nc1ccc([N+](=O)[O-])cc1Cl. The van der Waals surface area contributed by atoms with E-state index in [1.807, 2.05) is 0 Å². The van der Waals surface area contributed by atoms with Crippen LogP contribution in [0.2, 0.25) is 5.02 Å². The zero-order chi connectivity index (χ0) is 15.1. The largest absolute Gasteiger partial charge is 0.454 e. The Hall–Kier alpha value is -2.19. The Kier molecular flexibility index (Phi) is 5.88. The maximum atomic E-state index is 11.5. The third-order valence-electron chi connectivity index (χ3n) is 2.06. The number of nitrogens with one attached hydrogen (secondary N) is 1. The maximum Gasteiger partial charge on any atom is 0.332 e. The number of carbonyl (C=O) groups is 2. The molecule has 0 aliphatic carbocycles. The number of nitrogens with zero attached hydrogens (tertiary/aromatic N) is 1. The van der Waals surface area contributed by atoms with Crippen molar-refractivity contribution < 1.29 is 24.0 Å². The van der Waals surface area contributed by atoms with E-state index in [1.165, 1.54) is 19.2 Å². The van der Waals surface area contributed by atoms with Crippen LogP contribution in [0.15, 0.2) is 18.2 Å². The lowest BCUT2D eigenvalue weighted by molar-refractivity contribution is -0.384. The average molecular weight is 303 g/mol. The number of amides is 1. The highest BCUT2D eigenvalue weighted by Gasteiger charge is 2.12. The van der Waals surface area contributed by atoms with E-state index >= 15 is 0 Å². The summed E-state index contributed by atoms with van der Waals surface area (Å²) in [4.78, 5) is 32.3. The van der Waals surface area contributed by atoms with Gasteiger partial charge in [-0.25, -0.2) is 4.79 Å². The van der Waals surface area contributed by atoms with Crippen molar-refractivity contribution in [3.8, 4) is 0 Å². The molecule has 0 fully saturated rings. The van der Waals surface area contributed by atoms with Gasteiger partial charge in [-0.2, -0.15) is 0 Å². The lowest BCUT2D eigenvalue weighted by atomic mass is 10.3. The summed E-state index contributed by atoms with van der Waals surface area (Å²) in [7, 11) is 1.32. The fourth-order valence-corrected chi connectivity index (χ4v) is 1.43. The van der Waals surface area contributed by atoms with Gasteiger partial charge in [-0.15, -0.1) is 0 Å². The second-order valence-corrected chi connectivity index (χ2v) is 3.97. The smallest absolute Gasteiger partial charge is 0.332 e. The van der Waals surface area contributed by atoms with E-state index in [-0.39, 0.29) is 23.0 Å². The van der Waals surface area contributed by atoms with E-state index in [2.05, 4.69) is 14.8 Å². The number of hydrogen-bond donors (Lipinski definition) is 1. The Balaban J connectivity index is 2.58. The molecule has 108 valence electrons. The second-order valence-electron chi connectivity index (χ2n) is 3.56. The highest BCUT2D eigenvalue weighted by Crippen LogP contribution is 2.26.